The molecule has 0 unspecified atom stereocenters. The van der Waals surface area contributed by atoms with Gasteiger partial charge in [-0.1, -0.05) is 23.2 Å². The van der Waals surface area contributed by atoms with Crippen molar-refractivity contribution in [3.63, 3.8) is 0 Å². The van der Waals surface area contributed by atoms with Gasteiger partial charge in [0.25, 0.3) is 5.91 Å². The summed E-state index contributed by atoms with van der Waals surface area (Å²) in [6.07, 6.45) is 0.247. The second-order valence-electron chi connectivity index (χ2n) is 4.25. The molecule has 0 aliphatic rings. The summed E-state index contributed by atoms with van der Waals surface area (Å²) in [5.74, 6) is -1.18. The number of hydrogen-bond donors (Lipinski definition) is 1. The topological polar surface area (TPSA) is 99.0 Å². The van der Waals surface area contributed by atoms with Crippen molar-refractivity contribution in [2.45, 2.75) is 19.6 Å². The molecule has 1 atom stereocenters. The molecule has 1 aromatic carbocycles. The zero-order valence-electron chi connectivity index (χ0n) is 11.4. The molecule has 2 rings (SSSR count). The van der Waals surface area contributed by atoms with E-state index in [1.165, 1.54) is 24.0 Å². The third kappa shape index (κ3) is 4.40. The molecule has 1 aromatic heterocycles. The summed E-state index contributed by atoms with van der Waals surface area (Å²) >= 11 is 11.8. The van der Waals surface area contributed by atoms with Gasteiger partial charge < -0.3 is 10.1 Å². The fourth-order valence-corrected chi connectivity index (χ4v) is 1.84. The van der Waals surface area contributed by atoms with E-state index in [9.17, 15) is 9.59 Å². The van der Waals surface area contributed by atoms with Gasteiger partial charge in [-0.3, -0.25) is 9.59 Å². The lowest BCUT2D eigenvalue weighted by atomic mass is 10.3. The Labute approximate surface area is 135 Å². The lowest BCUT2D eigenvalue weighted by Crippen LogP contribution is -2.31. The maximum Gasteiger partial charge on any atom is 0.328 e. The first kappa shape index (κ1) is 16.2. The fourth-order valence-electron chi connectivity index (χ4n) is 1.50. The monoisotopic (exact) mass is 343 g/mol. The fraction of sp³-hybridized carbons (Fsp3) is 0.250. The number of rotatable bonds is 5. The number of anilines is 1. The van der Waals surface area contributed by atoms with Crippen LogP contribution in [0.25, 0.3) is 0 Å². The van der Waals surface area contributed by atoms with Gasteiger partial charge in [-0.2, -0.15) is 0 Å². The zero-order valence-corrected chi connectivity index (χ0v) is 12.9. The number of amides is 1. The van der Waals surface area contributed by atoms with Gasteiger partial charge >= 0.3 is 5.97 Å². The van der Waals surface area contributed by atoms with Gasteiger partial charge in [0.2, 0.25) is 0 Å². The minimum atomic E-state index is -1.01. The van der Waals surface area contributed by atoms with Crippen LogP contribution in [0, 0.1) is 0 Å². The van der Waals surface area contributed by atoms with Crippen LogP contribution in [0.4, 0.5) is 5.69 Å². The van der Waals surface area contributed by atoms with Crippen LogP contribution in [0.3, 0.4) is 0 Å². The van der Waals surface area contributed by atoms with E-state index in [0.717, 1.165) is 0 Å². The molecule has 0 aliphatic heterocycles. The predicted molar refractivity (Wildman–Crippen MR) is 78.5 cm³/mol. The first-order valence-corrected chi connectivity index (χ1v) is 6.87. The first-order valence-electron chi connectivity index (χ1n) is 6.12. The molecular formula is C12H11Cl2N5O3. The highest BCUT2D eigenvalue weighted by Gasteiger charge is 2.19. The van der Waals surface area contributed by atoms with E-state index in [1.807, 2.05) is 0 Å². The molecule has 2 aromatic rings. The van der Waals surface area contributed by atoms with E-state index in [1.54, 1.807) is 12.1 Å². The largest absolute Gasteiger partial charge is 0.451 e. The zero-order chi connectivity index (χ0) is 16.1. The third-order valence-electron chi connectivity index (χ3n) is 2.55. The summed E-state index contributed by atoms with van der Waals surface area (Å²) in [5.41, 5.74) is 0.336. The molecule has 0 bridgehead atoms. The van der Waals surface area contributed by atoms with Crippen molar-refractivity contribution in [1.29, 1.82) is 0 Å². The summed E-state index contributed by atoms with van der Waals surface area (Å²) in [6.45, 7) is 1.24. The van der Waals surface area contributed by atoms with E-state index < -0.39 is 18.0 Å². The number of esters is 1. The van der Waals surface area contributed by atoms with Crippen molar-refractivity contribution < 1.29 is 14.3 Å². The number of carbonyl (C=O) groups is 2. The highest BCUT2D eigenvalue weighted by molar-refractivity contribution is 6.35. The molecule has 1 heterocycles. The predicted octanol–water partition coefficient (Wildman–Crippen LogP) is 1.55. The van der Waals surface area contributed by atoms with Crippen LogP contribution < -0.4 is 5.32 Å². The number of tetrazole rings is 1. The Balaban J connectivity index is 1.91. The van der Waals surface area contributed by atoms with Gasteiger partial charge in [-0.05, 0) is 35.5 Å². The Bertz CT molecular complexity index is 677. The van der Waals surface area contributed by atoms with Crippen LogP contribution in [0.15, 0.2) is 24.5 Å². The van der Waals surface area contributed by atoms with Crippen LogP contribution in [0.1, 0.15) is 6.92 Å². The minimum absolute atomic E-state index is 0.192. The lowest BCUT2D eigenvalue weighted by molar-refractivity contribution is -0.153. The molecule has 22 heavy (non-hydrogen) atoms. The molecule has 0 spiro atoms. The second kappa shape index (κ2) is 7.19. The van der Waals surface area contributed by atoms with Gasteiger partial charge in [0.1, 0.15) is 12.9 Å². The summed E-state index contributed by atoms with van der Waals surface area (Å²) in [5, 5.41) is 13.6. The van der Waals surface area contributed by atoms with Crippen molar-refractivity contribution in [3.05, 3.63) is 34.6 Å². The van der Waals surface area contributed by atoms with Crippen LogP contribution in [-0.2, 0) is 20.9 Å². The van der Waals surface area contributed by atoms with Crippen LogP contribution in [0.5, 0.6) is 0 Å². The minimum Gasteiger partial charge on any atom is -0.451 e. The Hall–Kier alpha value is -2.19. The number of halogens is 2. The first-order chi connectivity index (χ1) is 10.5. The van der Waals surface area contributed by atoms with E-state index in [0.29, 0.717) is 15.7 Å². The Kier molecular flexibility index (Phi) is 5.29. The van der Waals surface area contributed by atoms with Crippen molar-refractivity contribution >= 4 is 40.8 Å². The van der Waals surface area contributed by atoms with Crippen molar-refractivity contribution in [3.8, 4) is 0 Å². The molecule has 0 fully saturated rings. The summed E-state index contributed by atoms with van der Waals surface area (Å²) in [4.78, 5) is 23.6. The molecule has 0 aliphatic carbocycles. The molecule has 10 heteroatoms. The van der Waals surface area contributed by atoms with E-state index in [4.69, 9.17) is 27.9 Å². The number of ether oxygens (including phenoxy) is 1. The second-order valence-corrected chi connectivity index (χ2v) is 5.10. The van der Waals surface area contributed by atoms with Gasteiger partial charge in [-0.25, -0.2) is 4.68 Å². The number of hydrogen-bond acceptors (Lipinski definition) is 6. The Morgan fingerprint density at radius 1 is 1.41 bits per heavy atom. The smallest absolute Gasteiger partial charge is 0.328 e. The van der Waals surface area contributed by atoms with Crippen LogP contribution in [-0.4, -0.2) is 38.2 Å². The average molecular weight is 344 g/mol. The van der Waals surface area contributed by atoms with E-state index in [2.05, 4.69) is 20.8 Å². The molecule has 1 amide bonds. The molecule has 0 saturated heterocycles. The van der Waals surface area contributed by atoms with E-state index in [-0.39, 0.29) is 6.54 Å². The Morgan fingerprint density at radius 3 is 2.86 bits per heavy atom. The van der Waals surface area contributed by atoms with E-state index >= 15 is 0 Å². The van der Waals surface area contributed by atoms with Gasteiger partial charge in [-0.15, -0.1) is 5.10 Å². The highest BCUT2D eigenvalue weighted by Crippen LogP contribution is 2.25. The summed E-state index contributed by atoms with van der Waals surface area (Å²) in [6, 6.07) is 4.64. The number of aromatic nitrogens is 4. The normalized spacial score (nSPS) is 11.8. The van der Waals surface area contributed by atoms with Crippen LogP contribution in [0.2, 0.25) is 10.0 Å². The number of nitrogens with zero attached hydrogens (tertiary/aromatic N) is 4. The number of benzene rings is 1. The Morgan fingerprint density at radius 2 is 2.18 bits per heavy atom. The van der Waals surface area contributed by atoms with Gasteiger partial charge in [0, 0.05) is 5.02 Å². The molecule has 116 valence electrons. The average Bonchev–Trinajstić information content (AvgIpc) is 2.95. The summed E-state index contributed by atoms with van der Waals surface area (Å²) < 4.78 is 6.17. The number of carbonyl (C=O) groups excluding carboxylic acids is 2. The SMILES string of the molecule is C[C@H](OC(=O)Cn1cnnn1)C(=O)Nc1cc(Cl)ccc1Cl. The lowest BCUT2D eigenvalue weighted by Gasteiger charge is -2.14. The molecule has 0 radical (unpaired) electrons. The van der Waals surface area contributed by atoms with Crippen molar-refractivity contribution in [2.24, 2.45) is 0 Å². The highest BCUT2D eigenvalue weighted by atomic mass is 35.5. The quantitative estimate of drug-likeness (QED) is 0.827. The van der Waals surface area contributed by atoms with Crippen molar-refractivity contribution in [2.75, 3.05) is 5.32 Å². The van der Waals surface area contributed by atoms with Gasteiger partial charge in [0.05, 0.1) is 10.7 Å². The maximum atomic E-state index is 12.0. The standard InChI is InChI=1S/C12H11Cl2N5O3/c1-7(22-11(20)5-19-6-15-17-18-19)12(21)16-10-4-8(13)2-3-9(10)14/h2-4,6-7H,5H2,1H3,(H,16,21)/t7-/m0/s1. The van der Waals surface area contributed by atoms with Gasteiger partial charge in [0.15, 0.2) is 6.10 Å². The molecule has 0 saturated carbocycles. The molecular weight excluding hydrogens is 333 g/mol. The van der Waals surface area contributed by atoms with Crippen molar-refractivity contribution in [1.82, 2.24) is 20.2 Å². The maximum absolute atomic E-state index is 12.0. The summed E-state index contributed by atoms with van der Waals surface area (Å²) in [7, 11) is 0. The molecule has 8 nitrogen and oxygen atoms in total. The molecule has 1 N–H and O–H groups in total. The van der Waals surface area contributed by atoms with Crippen LogP contribution >= 0.6 is 23.2 Å². The number of nitrogens with one attached hydrogen (secondary N) is 1. The third-order valence-corrected chi connectivity index (χ3v) is 3.11.